The normalized spacial score (nSPS) is 10.9. The zero-order valence-corrected chi connectivity index (χ0v) is 10.7. The van der Waals surface area contributed by atoms with Crippen molar-refractivity contribution >= 4 is 16.5 Å². The first-order chi connectivity index (χ1) is 8.24. The van der Waals surface area contributed by atoms with E-state index >= 15 is 0 Å². The van der Waals surface area contributed by atoms with Gasteiger partial charge < -0.3 is 10.6 Å². The van der Waals surface area contributed by atoms with E-state index in [0.29, 0.717) is 5.13 Å². The Kier molecular flexibility index (Phi) is 4.06. The number of hydrogen-bond donors (Lipinski definition) is 1. The van der Waals surface area contributed by atoms with E-state index in [2.05, 4.69) is 34.0 Å². The Morgan fingerprint density at radius 2 is 2.12 bits per heavy atom. The van der Waals surface area contributed by atoms with E-state index < -0.39 is 0 Å². The van der Waals surface area contributed by atoms with Gasteiger partial charge >= 0.3 is 0 Å². The maximum atomic E-state index is 5.60. The van der Waals surface area contributed by atoms with Crippen molar-refractivity contribution in [3.8, 4) is 0 Å². The Balaban J connectivity index is 1.80. The molecule has 0 saturated carbocycles. The van der Waals surface area contributed by atoms with Crippen molar-refractivity contribution in [2.24, 2.45) is 0 Å². The van der Waals surface area contributed by atoms with Crippen LogP contribution in [0.15, 0.2) is 29.9 Å². The van der Waals surface area contributed by atoms with Gasteiger partial charge in [0, 0.05) is 30.9 Å². The number of nitrogens with zero attached hydrogens (tertiary/aromatic N) is 3. The minimum absolute atomic E-state index is 0.641. The molecule has 5 heteroatoms. The molecule has 0 bridgehead atoms. The zero-order chi connectivity index (χ0) is 12.1. The minimum atomic E-state index is 0.641. The molecule has 90 valence electrons. The molecule has 0 aliphatic heterocycles. The second-order valence-electron chi connectivity index (χ2n) is 4.02. The van der Waals surface area contributed by atoms with Gasteiger partial charge in [-0.05, 0) is 31.2 Å². The Labute approximate surface area is 105 Å². The largest absolute Gasteiger partial charge is 0.375 e. The van der Waals surface area contributed by atoms with Gasteiger partial charge in [-0.2, -0.15) is 0 Å². The molecule has 0 aliphatic rings. The summed E-state index contributed by atoms with van der Waals surface area (Å²) < 4.78 is 0. The third kappa shape index (κ3) is 3.80. The number of nitrogen functional groups attached to an aromatic ring is 1. The summed E-state index contributed by atoms with van der Waals surface area (Å²) in [5.74, 6) is 0. The number of pyridine rings is 1. The van der Waals surface area contributed by atoms with Crippen LogP contribution in [0, 0.1) is 0 Å². The lowest BCUT2D eigenvalue weighted by atomic mass is 10.2. The first-order valence-corrected chi connectivity index (χ1v) is 6.39. The van der Waals surface area contributed by atoms with Crippen molar-refractivity contribution < 1.29 is 0 Å². The molecule has 2 aromatic rings. The van der Waals surface area contributed by atoms with Crippen LogP contribution < -0.4 is 5.73 Å². The summed E-state index contributed by atoms with van der Waals surface area (Å²) in [5, 5.41) is 2.65. The van der Waals surface area contributed by atoms with Crippen molar-refractivity contribution in [2.75, 3.05) is 19.3 Å². The molecular formula is C12H16N4S. The second-order valence-corrected chi connectivity index (χ2v) is 4.91. The summed E-state index contributed by atoms with van der Waals surface area (Å²) >= 11 is 1.49. The van der Waals surface area contributed by atoms with Crippen LogP contribution in [0.25, 0.3) is 0 Å². The van der Waals surface area contributed by atoms with Gasteiger partial charge in [0.1, 0.15) is 0 Å². The quantitative estimate of drug-likeness (QED) is 0.876. The van der Waals surface area contributed by atoms with E-state index in [0.717, 1.165) is 25.2 Å². The second kappa shape index (κ2) is 5.75. The maximum absolute atomic E-state index is 5.60. The lowest BCUT2D eigenvalue weighted by molar-refractivity contribution is 0.328. The number of thiazole rings is 1. The number of nitrogens with two attached hydrogens (primary N) is 1. The molecule has 0 spiro atoms. The standard InChI is InChI=1S/C12H16N4S/c1-16(8-11-9-17-12(13)15-11)7-4-10-2-5-14-6-3-10/h2-3,5-6,9H,4,7-8H2,1H3,(H2,13,15). The van der Waals surface area contributed by atoms with E-state index in [1.165, 1.54) is 16.9 Å². The SMILES string of the molecule is CN(CCc1ccncc1)Cc1csc(N)n1. The van der Waals surface area contributed by atoms with Gasteiger partial charge in [0.15, 0.2) is 5.13 Å². The smallest absolute Gasteiger partial charge is 0.180 e. The van der Waals surface area contributed by atoms with Gasteiger partial charge in [-0.3, -0.25) is 4.98 Å². The maximum Gasteiger partial charge on any atom is 0.180 e. The Bertz CT molecular complexity index is 455. The molecule has 2 aromatic heterocycles. The summed E-state index contributed by atoms with van der Waals surface area (Å²) in [6.07, 6.45) is 4.69. The van der Waals surface area contributed by atoms with Gasteiger partial charge in [-0.25, -0.2) is 4.98 Å². The highest BCUT2D eigenvalue weighted by Crippen LogP contribution is 2.12. The van der Waals surface area contributed by atoms with Crippen LogP contribution in [0.5, 0.6) is 0 Å². The highest BCUT2D eigenvalue weighted by molar-refractivity contribution is 7.13. The van der Waals surface area contributed by atoms with Crippen LogP contribution in [0.4, 0.5) is 5.13 Å². The van der Waals surface area contributed by atoms with E-state index in [1.54, 1.807) is 0 Å². The van der Waals surface area contributed by atoms with Crippen LogP contribution in [0.3, 0.4) is 0 Å². The summed E-state index contributed by atoms with van der Waals surface area (Å²) in [5.41, 5.74) is 7.96. The fourth-order valence-electron chi connectivity index (χ4n) is 1.62. The molecule has 0 amide bonds. The molecule has 17 heavy (non-hydrogen) atoms. The van der Waals surface area contributed by atoms with Crippen LogP contribution in [0.2, 0.25) is 0 Å². The predicted molar refractivity (Wildman–Crippen MR) is 70.8 cm³/mol. The van der Waals surface area contributed by atoms with E-state index in [-0.39, 0.29) is 0 Å². The molecular weight excluding hydrogens is 232 g/mol. The van der Waals surface area contributed by atoms with Crippen LogP contribution in [-0.4, -0.2) is 28.5 Å². The minimum Gasteiger partial charge on any atom is -0.375 e. The van der Waals surface area contributed by atoms with Crippen molar-refractivity contribution in [3.05, 3.63) is 41.2 Å². The molecule has 2 N–H and O–H groups in total. The predicted octanol–water partition coefficient (Wildman–Crippen LogP) is 1.79. The van der Waals surface area contributed by atoms with Crippen molar-refractivity contribution in [1.29, 1.82) is 0 Å². The summed E-state index contributed by atoms with van der Waals surface area (Å²) in [4.78, 5) is 10.5. The van der Waals surface area contributed by atoms with Crippen molar-refractivity contribution in [2.45, 2.75) is 13.0 Å². The molecule has 2 rings (SSSR count). The number of rotatable bonds is 5. The first kappa shape index (κ1) is 12.0. The third-order valence-corrected chi connectivity index (χ3v) is 3.26. The molecule has 0 aliphatic carbocycles. The average molecular weight is 248 g/mol. The highest BCUT2D eigenvalue weighted by atomic mass is 32.1. The van der Waals surface area contributed by atoms with Crippen molar-refractivity contribution in [3.63, 3.8) is 0 Å². The van der Waals surface area contributed by atoms with Gasteiger partial charge in [0.05, 0.1) is 5.69 Å². The number of anilines is 1. The first-order valence-electron chi connectivity index (χ1n) is 5.51. The number of likely N-dealkylation sites (N-methyl/N-ethyl adjacent to an activating group) is 1. The Morgan fingerprint density at radius 3 is 2.76 bits per heavy atom. The molecule has 0 unspecified atom stereocenters. The fraction of sp³-hybridized carbons (Fsp3) is 0.333. The summed E-state index contributed by atoms with van der Waals surface area (Å²) in [6.45, 7) is 1.85. The number of hydrogen-bond acceptors (Lipinski definition) is 5. The van der Waals surface area contributed by atoms with Crippen LogP contribution >= 0.6 is 11.3 Å². The molecule has 0 atom stereocenters. The summed E-state index contributed by atoms with van der Waals surface area (Å²) in [7, 11) is 2.09. The van der Waals surface area contributed by atoms with Gasteiger partial charge in [0.2, 0.25) is 0 Å². The van der Waals surface area contributed by atoms with E-state index in [4.69, 9.17) is 5.73 Å². The average Bonchev–Trinajstić information content (AvgIpc) is 2.73. The Hall–Kier alpha value is -1.46. The fourth-order valence-corrected chi connectivity index (χ4v) is 2.17. The van der Waals surface area contributed by atoms with Crippen LogP contribution in [0.1, 0.15) is 11.3 Å². The summed E-state index contributed by atoms with van der Waals surface area (Å²) in [6, 6.07) is 4.10. The lowest BCUT2D eigenvalue weighted by Crippen LogP contribution is -2.20. The van der Waals surface area contributed by atoms with E-state index in [9.17, 15) is 0 Å². The van der Waals surface area contributed by atoms with E-state index in [1.807, 2.05) is 17.8 Å². The lowest BCUT2D eigenvalue weighted by Gasteiger charge is -2.14. The topological polar surface area (TPSA) is 55.0 Å². The zero-order valence-electron chi connectivity index (χ0n) is 9.84. The molecule has 2 heterocycles. The van der Waals surface area contributed by atoms with Crippen molar-refractivity contribution in [1.82, 2.24) is 14.9 Å². The molecule has 0 saturated heterocycles. The molecule has 0 radical (unpaired) electrons. The monoisotopic (exact) mass is 248 g/mol. The molecule has 0 fully saturated rings. The van der Waals surface area contributed by atoms with Gasteiger partial charge in [-0.1, -0.05) is 0 Å². The van der Waals surface area contributed by atoms with Gasteiger partial charge in [-0.15, -0.1) is 11.3 Å². The Morgan fingerprint density at radius 1 is 1.35 bits per heavy atom. The van der Waals surface area contributed by atoms with Crippen LogP contribution in [-0.2, 0) is 13.0 Å². The number of aromatic nitrogens is 2. The highest BCUT2D eigenvalue weighted by Gasteiger charge is 2.04. The molecule has 0 aromatic carbocycles. The third-order valence-electron chi connectivity index (χ3n) is 2.53. The van der Waals surface area contributed by atoms with Gasteiger partial charge in [0.25, 0.3) is 0 Å². The molecule has 4 nitrogen and oxygen atoms in total.